The number of fused-ring (bicyclic) bond motifs is 1. The third-order valence-corrected chi connectivity index (χ3v) is 3.99. The fourth-order valence-electron chi connectivity index (χ4n) is 2.90. The first kappa shape index (κ1) is 15.8. The van der Waals surface area contributed by atoms with E-state index in [9.17, 15) is 9.90 Å². The summed E-state index contributed by atoms with van der Waals surface area (Å²) in [4.78, 5) is 19.3. The zero-order chi connectivity index (χ0) is 17.9. The van der Waals surface area contributed by atoms with E-state index in [1.807, 2.05) is 60.7 Å². The van der Waals surface area contributed by atoms with E-state index in [0.717, 1.165) is 16.7 Å². The summed E-state index contributed by atoms with van der Waals surface area (Å²) in [5, 5.41) is 14.3. The van der Waals surface area contributed by atoms with Crippen LogP contribution in [0.25, 0.3) is 33.6 Å². The fraction of sp³-hybridized carbons (Fsp3) is 0.0500. The molecule has 2 aromatic carbocycles. The second kappa shape index (κ2) is 6.68. The van der Waals surface area contributed by atoms with Crippen LogP contribution in [0.5, 0.6) is 0 Å². The van der Waals surface area contributed by atoms with Gasteiger partial charge in [0.05, 0.1) is 17.9 Å². The lowest BCUT2D eigenvalue weighted by Crippen LogP contribution is -2.30. The number of nitrogens with one attached hydrogen (secondary N) is 1. The lowest BCUT2D eigenvalue weighted by atomic mass is 9.99. The molecule has 0 fully saturated rings. The zero-order valence-electron chi connectivity index (χ0n) is 13.7. The first-order chi connectivity index (χ1) is 12.7. The summed E-state index contributed by atoms with van der Waals surface area (Å²) in [5.41, 5.74) is 3.03. The van der Waals surface area contributed by atoms with Gasteiger partial charge in [0, 0.05) is 11.1 Å². The number of nitrogens with zero attached hydrogens (tertiary/aromatic N) is 2. The van der Waals surface area contributed by atoms with E-state index in [-0.39, 0.29) is 6.54 Å². The average Bonchev–Trinajstić information content (AvgIpc) is 3.08. The molecule has 0 aliphatic rings. The highest BCUT2D eigenvalue weighted by Crippen LogP contribution is 2.42. The van der Waals surface area contributed by atoms with Gasteiger partial charge in [-0.2, -0.15) is 0 Å². The highest BCUT2D eigenvalue weighted by molar-refractivity contribution is 6.06. The van der Waals surface area contributed by atoms with Gasteiger partial charge in [-0.15, -0.1) is 0 Å². The maximum Gasteiger partial charge on any atom is 0.232 e. The molecule has 0 bridgehead atoms. The number of carbonyl (C=O) groups is 1. The molecule has 1 N–H and O–H groups in total. The summed E-state index contributed by atoms with van der Waals surface area (Å²) in [6.07, 6.45) is 1.34. The number of anilines is 1. The summed E-state index contributed by atoms with van der Waals surface area (Å²) in [5.74, 6) is -0.169. The maximum absolute atomic E-state index is 10.8. The smallest absolute Gasteiger partial charge is 0.232 e. The van der Waals surface area contributed by atoms with Crippen LogP contribution in [0.1, 0.15) is 0 Å². The minimum atomic E-state index is -1.22. The van der Waals surface area contributed by atoms with Crippen molar-refractivity contribution in [3.8, 4) is 22.5 Å². The van der Waals surface area contributed by atoms with Gasteiger partial charge in [-0.05, 0) is 5.56 Å². The fourth-order valence-corrected chi connectivity index (χ4v) is 2.90. The number of rotatable bonds is 5. The van der Waals surface area contributed by atoms with Gasteiger partial charge in [0.2, 0.25) is 5.71 Å². The van der Waals surface area contributed by atoms with Crippen molar-refractivity contribution in [2.24, 2.45) is 0 Å². The molecular weight excluding hydrogens is 330 g/mol. The molecule has 0 unspecified atom stereocenters. The quantitative estimate of drug-likeness (QED) is 0.598. The van der Waals surface area contributed by atoms with Crippen LogP contribution in [0, 0.1) is 0 Å². The van der Waals surface area contributed by atoms with Crippen LogP contribution >= 0.6 is 0 Å². The van der Waals surface area contributed by atoms with Crippen LogP contribution in [0.3, 0.4) is 0 Å². The number of carboxylic acid groups (broad SMARTS) is 1. The van der Waals surface area contributed by atoms with E-state index in [4.69, 9.17) is 4.42 Å². The van der Waals surface area contributed by atoms with E-state index >= 15 is 0 Å². The van der Waals surface area contributed by atoms with Crippen molar-refractivity contribution < 1.29 is 14.3 Å². The van der Waals surface area contributed by atoms with Crippen molar-refractivity contribution in [1.29, 1.82) is 0 Å². The van der Waals surface area contributed by atoms with Crippen molar-refractivity contribution in [3.05, 3.63) is 67.0 Å². The van der Waals surface area contributed by atoms with Gasteiger partial charge in [0.25, 0.3) is 0 Å². The molecule has 4 aromatic rings. The lowest BCUT2D eigenvalue weighted by molar-refractivity contribution is -0.302. The Hall–Kier alpha value is -3.67. The predicted octanol–water partition coefficient (Wildman–Crippen LogP) is 2.72. The minimum absolute atomic E-state index is 0.355. The molecule has 2 heterocycles. The van der Waals surface area contributed by atoms with Crippen molar-refractivity contribution >= 4 is 22.9 Å². The Labute approximate surface area is 149 Å². The summed E-state index contributed by atoms with van der Waals surface area (Å²) in [6, 6.07) is 19.4. The maximum atomic E-state index is 10.8. The third kappa shape index (κ3) is 2.88. The molecule has 0 amide bonds. The van der Waals surface area contributed by atoms with Gasteiger partial charge in [-0.25, -0.2) is 9.97 Å². The molecule has 6 heteroatoms. The van der Waals surface area contributed by atoms with Gasteiger partial charge < -0.3 is 19.6 Å². The van der Waals surface area contributed by atoms with Crippen molar-refractivity contribution in [2.45, 2.75) is 0 Å². The molecule has 2 aromatic heterocycles. The van der Waals surface area contributed by atoms with Crippen molar-refractivity contribution in [2.75, 3.05) is 11.9 Å². The van der Waals surface area contributed by atoms with E-state index in [1.165, 1.54) is 6.33 Å². The highest BCUT2D eigenvalue weighted by atomic mass is 16.4. The molecule has 4 rings (SSSR count). The molecule has 0 saturated carbocycles. The van der Waals surface area contributed by atoms with Gasteiger partial charge >= 0.3 is 0 Å². The Bertz CT molecular complexity index is 1060. The van der Waals surface area contributed by atoms with Crippen LogP contribution < -0.4 is 10.4 Å². The molecule has 0 spiro atoms. The normalized spacial score (nSPS) is 10.8. The average molecular weight is 344 g/mol. The third-order valence-electron chi connectivity index (χ3n) is 3.99. The summed E-state index contributed by atoms with van der Waals surface area (Å²) in [7, 11) is 0. The first-order valence-corrected chi connectivity index (χ1v) is 8.06. The molecule has 128 valence electrons. The number of hydrogen-bond donors (Lipinski definition) is 1. The minimum Gasteiger partial charge on any atom is -0.548 e. The molecule has 0 atom stereocenters. The molecule has 0 saturated heterocycles. The Morgan fingerprint density at radius 2 is 1.62 bits per heavy atom. The second-order valence-electron chi connectivity index (χ2n) is 5.67. The summed E-state index contributed by atoms with van der Waals surface area (Å²) < 4.78 is 6.03. The standard InChI is InChI=1S/C20H15N3O3/c24-15(25)11-21-19-17-16(13-7-3-1-4-8-13)18(14-9-5-2-6-10-14)26-20(17)23-12-22-19/h1-10,12H,11H2,(H,24,25)(H,21,22,23)/p-1. The number of hydrogen-bond acceptors (Lipinski definition) is 6. The SMILES string of the molecule is O=C([O-])CNc1ncnc2oc(-c3ccccc3)c(-c3ccccc3)c12. The Morgan fingerprint density at radius 1 is 0.962 bits per heavy atom. The van der Waals surface area contributed by atoms with E-state index < -0.39 is 5.97 Å². The van der Waals surface area contributed by atoms with Crippen LogP contribution in [0.2, 0.25) is 0 Å². The van der Waals surface area contributed by atoms with E-state index in [1.54, 1.807) is 0 Å². The lowest BCUT2D eigenvalue weighted by Gasteiger charge is -2.08. The van der Waals surface area contributed by atoms with Gasteiger partial charge in [-0.1, -0.05) is 60.7 Å². The van der Waals surface area contributed by atoms with E-state index in [0.29, 0.717) is 22.7 Å². The summed E-state index contributed by atoms with van der Waals surface area (Å²) in [6.45, 7) is -0.355. The summed E-state index contributed by atoms with van der Waals surface area (Å²) >= 11 is 0. The van der Waals surface area contributed by atoms with Gasteiger partial charge in [0.15, 0.2) is 0 Å². The molecule has 0 radical (unpaired) electrons. The number of carbonyl (C=O) groups excluding carboxylic acids is 1. The second-order valence-corrected chi connectivity index (χ2v) is 5.67. The first-order valence-electron chi connectivity index (χ1n) is 8.06. The Kier molecular flexibility index (Phi) is 4.07. The molecule has 0 aliphatic carbocycles. The molecular formula is C20H14N3O3-. The van der Waals surface area contributed by atoms with Gasteiger partial charge in [-0.3, -0.25) is 0 Å². The van der Waals surface area contributed by atoms with Gasteiger partial charge in [0.1, 0.15) is 17.9 Å². The highest BCUT2D eigenvalue weighted by Gasteiger charge is 2.21. The van der Waals surface area contributed by atoms with Crippen LogP contribution in [-0.4, -0.2) is 22.5 Å². The molecule has 26 heavy (non-hydrogen) atoms. The number of aliphatic carboxylic acids is 1. The topological polar surface area (TPSA) is 91.1 Å². The number of furan rings is 1. The number of aromatic nitrogens is 2. The number of benzene rings is 2. The van der Waals surface area contributed by atoms with Crippen molar-refractivity contribution in [3.63, 3.8) is 0 Å². The van der Waals surface area contributed by atoms with Crippen LogP contribution in [0.4, 0.5) is 5.82 Å². The largest absolute Gasteiger partial charge is 0.548 e. The number of carboxylic acids is 1. The zero-order valence-corrected chi connectivity index (χ0v) is 13.7. The monoisotopic (exact) mass is 344 g/mol. The van der Waals surface area contributed by atoms with E-state index in [2.05, 4.69) is 15.3 Å². The van der Waals surface area contributed by atoms with Crippen molar-refractivity contribution in [1.82, 2.24) is 9.97 Å². The predicted molar refractivity (Wildman–Crippen MR) is 96.2 cm³/mol. The molecule has 0 aliphatic heterocycles. The van der Waals surface area contributed by atoms with Crippen LogP contribution in [-0.2, 0) is 4.79 Å². The Morgan fingerprint density at radius 3 is 2.27 bits per heavy atom. The van der Waals surface area contributed by atoms with Crippen LogP contribution in [0.15, 0.2) is 71.4 Å². The Balaban J connectivity index is 2.00. The molecule has 6 nitrogen and oxygen atoms in total.